The van der Waals surface area contributed by atoms with E-state index in [9.17, 15) is 0 Å². The van der Waals surface area contributed by atoms with E-state index in [1.807, 2.05) is 7.05 Å². The summed E-state index contributed by atoms with van der Waals surface area (Å²) < 4.78 is 11.4. The maximum Gasteiger partial charge on any atom is 0.191 e. The maximum atomic E-state index is 5.93. The molecule has 0 aliphatic heterocycles. The van der Waals surface area contributed by atoms with Crippen LogP contribution in [0.1, 0.15) is 76.7 Å². The average Bonchev–Trinajstić information content (AvgIpc) is 3.05. The van der Waals surface area contributed by atoms with E-state index in [4.69, 9.17) is 9.26 Å². The van der Waals surface area contributed by atoms with Crippen LogP contribution in [0.25, 0.3) is 0 Å². The van der Waals surface area contributed by atoms with E-state index in [0.29, 0.717) is 30.0 Å². The van der Waals surface area contributed by atoms with Crippen molar-refractivity contribution in [3.8, 4) is 0 Å². The van der Waals surface area contributed by atoms with Crippen molar-refractivity contribution < 1.29 is 9.26 Å². The van der Waals surface area contributed by atoms with Crippen LogP contribution in [0, 0.1) is 5.41 Å². The number of aliphatic imine (C=N–C) groups is 1. The van der Waals surface area contributed by atoms with Gasteiger partial charge >= 0.3 is 0 Å². The van der Waals surface area contributed by atoms with Crippen LogP contribution < -0.4 is 10.6 Å². The summed E-state index contributed by atoms with van der Waals surface area (Å²) in [7, 11) is 1.82. The van der Waals surface area contributed by atoms with E-state index in [2.05, 4.69) is 47.6 Å². The van der Waals surface area contributed by atoms with Crippen LogP contribution in [-0.4, -0.2) is 36.9 Å². The van der Waals surface area contributed by atoms with Crippen molar-refractivity contribution in [3.05, 3.63) is 17.5 Å². The molecule has 6 nitrogen and oxygen atoms in total. The van der Waals surface area contributed by atoms with Crippen molar-refractivity contribution in [3.63, 3.8) is 0 Å². The number of halogens is 1. The molecule has 2 saturated carbocycles. The summed E-state index contributed by atoms with van der Waals surface area (Å²) in [5, 5.41) is 11.2. The van der Waals surface area contributed by atoms with E-state index in [0.717, 1.165) is 43.3 Å². The lowest BCUT2D eigenvalue weighted by Crippen LogP contribution is -2.68. The van der Waals surface area contributed by atoms with Crippen molar-refractivity contribution in [2.45, 2.75) is 83.9 Å². The first kappa shape index (κ1) is 22.5. The second-order valence-electron chi connectivity index (χ2n) is 7.62. The number of nitrogens with zero attached hydrogens (tertiary/aromatic N) is 2. The Morgan fingerprint density at radius 1 is 1.37 bits per heavy atom. The van der Waals surface area contributed by atoms with Gasteiger partial charge in [-0.15, -0.1) is 24.0 Å². The highest BCUT2D eigenvalue weighted by Gasteiger charge is 2.59. The minimum Gasteiger partial charge on any atom is -0.378 e. The van der Waals surface area contributed by atoms with Gasteiger partial charge in [0.1, 0.15) is 0 Å². The average molecular weight is 490 g/mol. The molecular weight excluding hydrogens is 455 g/mol. The van der Waals surface area contributed by atoms with Crippen LogP contribution in [0.15, 0.2) is 15.6 Å². The molecule has 2 atom stereocenters. The first-order chi connectivity index (χ1) is 12.7. The van der Waals surface area contributed by atoms with Gasteiger partial charge in [0.15, 0.2) is 11.7 Å². The van der Waals surface area contributed by atoms with Crippen LogP contribution in [-0.2, 0) is 11.3 Å². The molecule has 3 rings (SSSR count). The smallest absolute Gasteiger partial charge is 0.191 e. The highest BCUT2D eigenvalue weighted by atomic mass is 127. The first-order valence-corrected chi connectivity index (χ1v) is 10.2. The van der Waals surface area contributed by atoms with Crippen LogP contribution in [0.3, 0.4) is 0 Å². The summed E-state index contributed by atoms with van der Waals surface area (Å²) in [4.78, 5) is 4.39. The molecular formula is C20H35IN4O2. The van der Waals surface area contributed by atoms with Crippen molar-refractivity contribution in [2.75, 3.05) is 13.7 Å². The molecule has 2 N–H and O–H groups in total. The first-order valence-electron chi connectivity index (χ1n) is 10.2. The van der Waals surface area contributed by atoms with Gasteiger partial charge in [0.25, 0.3) is 0 Å². The highest BCUT2D eigenvalue weighted by molar-refractivity contribution is 14.0. The molecule has 0 bridgehead atoms. The monoisotopic (exact) mass is 490 g/mol. The summed E-state index contributed by atoms with van der Waals surface area (Å²) >= 11 is 0. The number of nitrogens with one attached hydrogen (secondary N) is 2. The fourth-order valence-corrected chi connectivity index (χ4v) is 4.48. The number of ether oxygens (including phenoxy) is 1. The van der Waals surface area contributed by atoms with Crippen LogP contribution in [0.2, 0.25) is 0 Å². The number of rotatable bonds is 8. The second kappa shape index (κ2) is 10.1. The van der Waals surface area contributed by atoms with Gasteiger partial charge in [0, 0.05) is 37.1 Å². The summed E-state index contributed by atoms with van der Waals surface area (Å²) in [6, 6.07) is 2.52. The normalized spacial score (nSPS) is 23.5. The molecule has 2 aliphatic rings. The summed E-state index contributed by atoms with van der Waals surface area (Å²) in [6.07, 6.45) is 7.47. The van der Waals surface area contributed by atoms with E-state index in [1.165, 1.54) is 19.3 Å². The highest BCUT2D eigenvalue weighted by Crippen LogP contribution is 2.57. The Morgan fingerprint density at radius 2 is 2.11 bits per heavy atom. The van der Waals surface area contributed by atoms with E-state index in [1.54, 1.807) is 0 Å². The lowest BCUT2D eigenvalue weighted by molar-refractivity contribution is -0.168. The van der Waals surface area contributed by atoms with E-state index < -0.39 is 0 Å². The van der Waals surface area contributed by atoms with Gasteiger partial charge in [0.2, 0.25) is 0 Å². The molecule has 1 aromatic heterocycles. The number of guanidine groups is 1. The number of hydrogen-bond acceptors (Lipinski definition) is 4. The van der Waals surface area contributed by atoms with E-state index in [-0.39, 0.29) is 24.0 Å². The molecule has 1 heterocycles. The predicted molar refractivity (Wildman–Crippen MR) is 119 cm³/mol. The Bertz CT molecular complexity index is 611. The standard InChI is InChI=1S/C20H34N4O2.HI/c1-5-14(6-2)16-11-15(26-24-16)13-22-19(21-4)23-17-12-18(25-7-3)20(17)9-8-10-20;/h11,14,17-18H,5-10,12-13H2,1-4H3,(H2,21,22,23);1H. The Hall–Kier alpha value is -0.830. The Kier molecular flexibility index (Phi) is 8.39. The lowest BCUT2D eigenvalue weighted by Gasteiger charge is -2.61. The topological polar surface area (TPSA) is 71.7 Å². The fraction of sp³-hybridized carbons (Fsp3) is 0.800. The SMILES string of the molecule is CCOC1CC(NC(=NC)NCc2cc(C(CC)CC)no2)C12CCC2.I. The molecule has 2 fully saturated rings. The van der Waals surface area contributed by atoms with Crippen LogP contribution in [0.4, 0.5) is 0 Å². The lowest BCUT2D eigenvalue weighted by atomic mass is 9.51. The van der Waals surface area contributed by atoms with Gasteiger partial charge in [0.05, 0.1) is 18.3 Å². The third kappa shape index (κ3) is 4.60. The fourth-order valence-electron chi connectivity index (χ4n) is 4.48. The summed E-state index contributed by atoms with van der Waals surface area (Å²) in [5.74, 6) is 2.17. The van der Waals surface area contributed by atoms with E-state index >= 15 is 0 Å². The zero-order valence-electron chi connectivity index (χ0n) is 17.1. The summed E-state index contributed by atoms with van der Waals surface area (Å²) in [6.45, 7) is 7.87. The Labute approximate surface area is 180 Å². The van der Waals surface area contributed by atoms with Crippen molar-refractivity contribution >= 4 is 29.9 Å². The maximum absolute atomic E-state index is 5.93. The Balaban J connectivity index is 0.00000261. The minimum atomic E-state index is 0. The van der Waals surface area contributed by atoms with Crippen molar-refractivity contribution in [1.29, 1.82) is 0 Å². The Morgan fingerprint density at radius 3 is 2.67 bits per heavy atom. The van der Waals surface area contributed by atoms with Gasteiger partial charge < -0.3 is 19.9 Å². The predicted octanol–water partition coefficient (Wildman–Crippen LogP) is 4.21. The van der Waals surface area contributed by atoms with Gasteiger partial charge in [-0.3, -0.25) is 4.99 Å². The molecule has 1 spiro atoms. The molecule has 0 saturated heterocycles. The van der Waals surface area contributed by atoms with Crippen molar-refractivity contribution in [2.24, 2.45) is 10.4 Å². The number of aromatic nitrogens is 1. The molecule has 0 amide bonds. The minimum absolute atomic E-state index is 0. The third-order valence-corrected chi connectivity index (χ3v) is 6.38. The third-order valence-electron chi connectivity index (χ3n) is 6.38. The molecule has 7 heteroatoms. The molecule has 1 aromatic rings. The molecule has 2 unspecified atom stereocenters. The molecule has 0 aromatic carbocycles. The number of hydrogen-bond donors (Lipinski definition) is 2. The zero-order valence-corrected chi connectivity index (χ0v) is 19.4. The quantitative estimate of drug-likeness (QED) is 0.325. The molecule has 2 aliphatic carbocycles. The largest absolute Gasteiger partial charge is 0.378 e. The molecule has 0 radical (unpaired) electrons. The van der Waals surface area contributed by atoms with Crippen molar-refractivity contribution in [1.82, 2.24) is 15.8 Å². The summed E-state index contributed by atoms with van der Waals surface area (Å²) in [5.41, 5.74) is 1.38. The van der Waals surface area contributed by atoms with Crippen LogP contribution >= 0.6 is 24.0 Å². The molecule has 154 valence electrons. The van der Waals surface area contributed by atoms with Gasteiger partial charge in [-0.2, -0.15) is 0 Å². The van der Waals surface area contributed by atoms with Crippen LogP contribution in [0.5, 0.6) is 0 Å². The van der Waals surface area contributed by atoms with Gasteiger partial charge in [-0.05, 0) is 39.0 Å². The molecule has 27 heavy (non-hydrogen) atoms. The van der Waals surface area contributed by atoms with Gasteiger partial charge in [-0.1, -0.05) is 25.4 Å². The zero-order chi connectivity index (χ0) is 18.6. The van der Waals surface area contributed by atoms with Gasteiger partial charge in [-0.25, -0.2) is 0 Å². The second-order valence-corrected chi connectivity index (χ2v) is 7.62.